The number of carbonyl (C=O) groups excluding carboxylic acids is 4. The number of Topliss-reactive ketones (excluding diaryl/α,β-unsaturated/α-hetero) is 2. The lowest BCUT2D eigenvalue weighted by molar-refractivity contribution is -0.127. The molecule has 2 amide bonds. The third-order valence-corrected chi connectivity index (χ3v) is 7.61. The number of rotatable bonds is 2. The minimum atomic E-state index is -2.12. The molecule has 2 fully saturated rings. The predicted molar refractivity (Wildman–Crippen MR) is 129 cm³/mol. The highest BCUT2D eigenvalue weighted by Crippen LogP contribution is 2.58. The smallest absolute Gasteiger partial charge is 0.241 e. The Morgan fingerprint density at radius 2 is 1.46 bits per heavy atom. The molecule has 0 radical (unpaired) electrons. The summed E-state index contributed by atoms with van der Waals surface area (Å²) in [6.07, 6.45) is -0.977. The van der Waals surface area contributed by atoms with Crippen molar-refractivity contribution in [2.24, 2.45) is 11.8 Å². The van der Waals surface area contributed by atoms with Gasteiger partial charge in [0.05, 0.1) is 28.6 Å². The van der Waals surface area contributed by atoms with E-state index < -0.39 is 46.9 Å². The standard InChI is InChI=1S/C27H17Cl2NO5/c1-13-6-8-14(9-7-13)22-20-21(26(34)30(25(20)33)19-11-10-15(28)12-18(19)29)27(35-22)23(31)16-4-2-3-5-17(16)24(27)32/h2-12,20-22H,1H3/t20-,21+,22-/m1/s1. The van der Waals surface area contributed by atoms with Gasteiger partial charge in [-0.1, -0.05) is 77.3 Å². The molecule has 174 valence electrons. The van der Waals surface area contributed by atoms with Gasteiger partial charge in [0.25, 0.3) is 0 Å². The molecule has 0 N–H and O–H groups in total. The van der Waals surface area contributed by atoms with E-state index in [0.717, 1.165) is 10.5 Å². The van der Waals surface area contributed by atoms with Crippen LogP contribution in [-0.4, -0.2) is 29.0 Å². The van der Waals surface area contributed by atoms with E-state index in [0.29, 0.717) is 10.6 Å². The van der Waals surface area contributed by atoms with Gasteiger partial charge in [-0.25, -0.2) is 4.90 Å². The van der Waals surface area contributed by atoms with Crippen molar-refractivity contribution in [1.82, 2.24) is 0 Å². The number of amides is 2. The van der Waals surface area contributed by atoms with Crippen LogP contribution in [0.1, 0.15) is 37.9 Å². The molecule has 3 aromatic rings. The number of nitrogens with zero attached hydrogens (tertiary/aromatic N) is 1. The highest BCUT2D eigenvalue weighted by atomic mass is 35.5. The average molecular weight is 506 g/mol. The molecule has 2 saturated heterocycles. The molecule has 0 bridgehead atoms. The highest BCUT2D eigenvalue weighted by molar-refractivity contribution is 6.40. The van der Waals surface area contributed by atoms with Crippen molar-refractivity contribution in [2.45, 2.75) is 18.6 Å². The van der Waals surface area contributed by atoms with Crippen molar-refractivity contribution in [3.05, 3.63) is 99.0 Å². The van der Waals surface area contributed by atoms with Crippen LogP contribution in [0.25, 0.3) is 0 Å². The molecule has 0 saturated carbocycles. The average Bonchev–Trinajstić information content (AvgIpc) is 3.40. The molecule has 3 atom stereocenters. The fraction of sp³-hybridized carbons (Fsp3) is 0.185. The van der Waals surface area contributed by atoms with Crippen LogP contribution in [0, 0.1) is 18.8 Å². The Morgan fingerprint density at radius 3 is 2.06 bits per heavy atom. The fourth-order valence-electron chi connectivity index (χ4n) is 5.47. The van der Waals surface area contributed by atoms with Crippen LogP contribution in [0.3, 0.4) is 0 Å². The first kappa shape index (κ1) is 22.2. The van der Waals surface area contributed by atoms with Gasteiger partial charge in [-0.2, -0.15) is 0 Å². The molecule has 3 aromatic carbocycles. The molecule has 0 unspecified atom stereocenters. The molecular weight excluding hydrogens is 489 g/mol. The summed E-state index contributed by atoms with van der Waals surface area (Å²) in [5, 5.41) is 0.445. The lowest BCUT2D eigenvalue weighted by Crippen LogP contribution is -2.51. The number of halogens is 2. The molecule has 0 aromatic heterocycles. The van der Waals surface area contributed by atoms with E-state index in [2.05, 4.69) is 0 Å². The van der Waals surface area contributed by atoms with E-state index in [-0.39, 0.29) is 21.8 Å². The van der Waals surface area contributed by atoms with Crippen molar-refractivity contribution < 1.29 is 23.9 Å². The Kier molecular flexibility index (Phi) is 4.81. The van der Waals surface area contributed by atoms with Crippen molar-refractivity contribution in [3.8, 4) is 0 Å². The zero-order valence-corrected chi connectivity index (χ0v) is 19.8. The summed E-state index contributed by atoms with van der Waals surface area (Å²) in [5.41, 5.74) is -0.0163. The van der Waals surface area contributed by atoms with E-state index in [9.17, 15) is 19.2 Å². The van der Waals surface area contributed by atoms with Crippen molar-refractivity contribution in [3.63, 3.8) is 0 Å². The van der Waals surface area contributed by atoms with Crippen LogP contribution < -0.4 is 4.90 Å². The molecule has 1 aliphatic carbocycles. The van der Waals surface area contributed by atoms with E-state index >= 15 is 0 Å². The Bertz CT molecular complexity index is 1430. The van der Waals surface area contributed by atoms with Crippen LogP contribution in [-0.2, 0) is 14.3 Å². The Morgan fingerprint density at radius 1 is 0.829 bits per heavy atom. The minimum absolute atomic E-state index is 0.105. The van der Waals surface area contributed by atoms with Crippen LogP contribution in [0.5, 0.6) is 0 Å². The zero-order chi connectivity index (χ0) is 24.6. The maximum absolute atomic E-state index is 13.9. The van der Waals surface area contributed by atoms with Crippen LogP contribution in [0.4, 0.5) is 5.69 Å². The summed E-state index contributed by atoms with van der Waals surface area (Å²) in [7, 11) is 0. The molecule has 3 aliphatic rings. The number of hydrogen-bond donors (Lipinski definition) is 0. The largest absolute Gasteiger partial charge is 0.349 e. The second kappa shape index (κ2) is 7.59. The van der Waals surface area contributed by atoms with Crippen molar-refractivity contribution in [1.29, 1.82) is 0 Å². The first-order valence-electron chi connectivity index (χ1n) is 11.0. The summed E-state index contributed by atoms with van der Waals surface area (Å²) in [6.45, 7) is 1.92. The summed E-state index contributed by atoms with van der Waals surface area (Å²) >= 11 is 12.4. The van der Waals surface area contributed by atoms with E-state index in [1.165, 1.54) is 30.3 Å². The molecular formula is C27H17Cl2NO5. The highest BCUT2D eigenvalue weighted by Gasteiger charge is 2.74. The Hall–Kier alpha value is -3.32. The number of carbonyl (C=O) groups is 4. The van der Waals surface area contributed by atoms with Crippen LogP contribution >= 0.6 is 23.2 Å². The van der Waals surface area contributed by atoms with Crippen molar-refractivity contribution >= 4 is 52.3 Å². The molecule has 1 spiro atoms. The second-order valence-corrected chi connectivity index (χ2v) is 9.84. The molecule has 2 aliphatic heterocycles. The first-order chi connectivity index (χ1) is 16.8. The second-order valence-electron chi connectivity index (χ2n) is 9.00. The molecule has 6 nitrogen and oxygen atoms in total. The number of imide groups is 1. The van der Waals surface area contributed by atoms with Crippen molar-refractivity contribution in [2.75, 3.05) is 4.90 Å². The SMILES string of the molecule is Cc1ccc([C@H]2OC3(C(=O)c4ccccc4C3=O)[C@@H]3C(=O)N(c4ccc(Cl)cc4Cl)C(=O)[C@@H]23)cc1. The maximum atomic E-state index is 13.9. The van der Waals surface area contributed by atoms with Crippen LogP contribution in [0.15, 0.2) is 66.7 Å². The number of hydrogen-bond acceptors (Lipinski definition) is 5. The fourth-order valence-corrected chi connectivity index (χ4v) is 5.97. The predicted octanol–water partition coefficient (Wildman–Crippen LogP) is 5.00. The molecule has 8 heteroatoms. The van der Waals surface area contributed by atoms with Gasteiger partial charge in [0.15, 0.2) is 0 Å². The van der Waals surface area contributed by atoms with Crippen LogP contribution in [0.2, 0.25) is 10.0 Å². The Labute approximate surface area is 210 Å². The summed E-state index contributed by atoms with van der Waals surface area (Å²) in [5.74, 6) is -4.91. The van der Waals surface area contributed by atoms with Gasteiger partial charge in [-0.05, 0) is 30.7 Å². The van der Waals surface area contributed by atoms with Gasteiger partial charge >= 0.3 is 0 Å². The normalized spacial score (nSPS) is 24.4. The van der Waals surface area contributed by atoms with Gasteiger partial charge in [0, 0.05) is 16.1 Å². The minimum Gasteiger partial charge on any atom is -0.349 e. The van der Waals surface area contributed by atoms with Gasteiger partial charge in [-0.15, -0.1) is 0 Å². The third kappa shape index (κ3) is 2.88. The van der Waals surface area contributed by atoms with E-state index in [1.807, 2.05) is 19.1 Å². The first-order valence-corrected chi connectivity index (χ1v) is 11.8. The van der Waals surface area contributed by atoms with E-state index in [4.69, 9.17) is 27.9 Å². The third-order valence-electron chi connectivity index (χ3n) is 7.08. The maximum Gasteiger partial charge on any atom is 0.241 e. The zero-order valence-electron chi connectivity index (χ0n) is 18.3. The van der Waals surface area contributed by atoms with E-state index in [1.54, 1.807) is 24.3 Å². The van der Waals surface area contributed by atoms with Gasteiger partial charge in [0.1, 0.15) is 0 Å². The number of benzene rings is 3. The van der Waals surface area contributed by atoms with Gasteiger partial charge in [-0.3, -0.25) is 19.2 Å². The van der Waals surface area contributed by atoms with Gasteiger partial charge in [0.2, 0.25) is 29.0 Å². The molecule has 35 heavy (non-hydrogen) atoms. The monoisotopic (exact) mass is 505 g/mol. The summed E-state index contributed by atoms with van der Waals surface area (Å²) in [4.78, 5) is 56.2. The summed E-state index contributed by atoms with van der Waals surface area (Å²) in [6, 6.07) is 18.0. The summed E-state index contributed by atoms with van der Waals surface area (Å²) < 4.78 is 6.26. The molecule has 6 rings (SSSR count). The number of aryl methyl sites for hydroxylation is 1. The lowest BCUT2D eigenvalue weighted by Gasteiger charge is -2.27. The quantitative estimate of drug-likeness (QED) is 0.361. The van der Waals surface area contributed by atoms with Gasteiger partial charge < -0.3 is 4.74 Å². The number of anilines is 1. The molecule has 2 heterocycles. The topological polar surface area (TPSA) is 80.8 Å². The number of fused-ring (bicyclic) bond motifs is 3. The number of ether oxygens (including phenoxy) is 1. The lowest BCUT2D eigenvalue weighted by atomic mass is 9.77. The number of ketones is 2. The Balaban J connectivity index is 1.55.